The molecule has 2 fully saturated rings. The zero-order chi connectivity index (χ0) is 13.8. The van der Waals surface area contributed by atoms with Crippen molar-refractivity contribution in [3.63, 3.8) is 0 Å². The van der Waals surface area contributed by atoms with Crippen molar-refractivity contribution in [1.82, 2.24) is 10.2 Å². The van der Waals surface area contributed by atoms with E-state index in [0.717, 1.165) is 12.8 Å². The monoisotopic (exact) mass is 268 g/mol. The van der Waals surface area contributed by atoms with Crippen LogP contribution in [0.1, 0.15) is 32.6 Å². The maximum Gasteiger partial charge on any atom is 0.310 e. The number of esters is 1. The zero-order valence-corrected chi connectivity index (χ0v) is 11.2. The van der Waals surface area contributed by atoms with Gasteiger partial charge in [0, 0.05) is 19.5 Å². The van der Waals surface area contributed by atoms with E-state index in [1.807, 2.05) is 0 Å². The van der Waals surface area contributed by atoms with Crippen molar-refractivity contribution in [3.05, 3.63) is 0 Å². The Balaban J connectivity index is 1.91. The lowest BCUT2D eigenvalue weighted by Gasteiger charge is -2.33. The average Bonchev–Trinajstić information content (AvgIpc) is 2.85. The first-order chi connectivity index (χ1) is 9.11. The molecule has 0 bridgehead atoms. The van der Waals surface area contributed by atoms with Gasteiger partial charge in [-0.25, -0.2) is 0 Å². The standard InChI is InChI=1S/C13H20N2O4/c1-2-19-13(18)9-4-3-7-15(8-9)12(17)10-5-6-11(16)14-10/h9-10H,2-8H2,1H3,(H,14,16)/t9?,10-/m1/s1. The first-order valence-electron chi connectivity index (χ1n) is 6.86. The third-order valence-electron chi connectivity index (χ3n) is 3.65. The summed E-state index contributed by atoms with van der Waals surface area (Å²) in [6.45, 7) is 3.20. The predicted molar refractivity (Wildman–Crippen MR) is 67.1 cm³/mol. The number of carbonyl (C=O) groups is 3. The van der Waals surface area contributed by atoms with E-state index in [0.29, 0.717) is 32.5 Å². The van der Waals surface area contributed by atoms with Crippen LogP contribution in [0.15, 0.2) is 0 Å². The minimum atomic E-state index is -0.409. The molecule has 1 N–H and O–H groups in total. The van der Waals surface area contributed by atoms with Crippen LogP contribution in [-0.2, 0) is 19.1 Å². The minimum absolute atomic E-state index is 0.0696. The molecule has 0 aliphatic carbocycles. The molecule has 2 rings (SSSR count). The first kappa shape index (κ1) is 13.8. The van der Waals surface area contributed by atoms with Gasteiger partial charge in [0.1, 0.15) is 6.04 Å². The van der Waals surface area contributed by atoms with Gasteiger partial charge in [-0.3, -0.25) is 14.4 Å². The molecule has 1 unspecified atom stereocenters. The van der Waals surface area contributed by atoms with Crippen molar-refractivity contribution in [2.75, 3.05) is 19.7 Å². The van der Waals surface area contributed by atoms with Crippen molar-refractivity contribution in [1.29, 1.82) is 0 Å². The largest absolute Gasteiger partial charge is 0.466 e. The zero-order valence-electron chi connectivity index (χ0n) is 11.2. The molecule has 0 aromatic carbocycles. The summed E-state index contributed by atoms with van der Waals surface area (Å²) < 4.78 is 5.01. The summed E-state index contributed by atoms with van der Waals surface area (Å²) in [5.41, 5.74) is 0. The van der Waals surface area contributed by atoms with Gasteiger partial charge in [-0.2, -0.15) is 0 Å². The fourth-order valence-electron chi connectivity index (χ4n) is 2.65. The number of carbonyl (C=O) groups excluding carboxylic acids is 3. The van der Waals surface area contributed by atoms with Gasteiger partial charge in [0.2, 0.25) is 11.8 Å². The molecule has 2 amide bonds. The minimum Gasteiger partial charge on any atom is -0.466 e. The number of nitrogens with one attached hydrogen (secondary N) is 1. The molecular weight excluding hydrogens is 248 g/mol. The smallest absolute Gasteiger partial charge is 0.310 e. The Morgan fingerprint density at radius 1 is 1.42 bits per heavy atom. The Labute approximate surface area is 112 Å². The maximum atomic E-state index is 12.2. The molecule has 0 aromatic heterocycles. The topological polar surface area (TPSA) is 75.7 Å². The lowest BCUT2D eigenvalue weighted by atomic mass is 9.97. The Hall–Kier alpha value is -1.59. The summed E-state index contributed by atoms with van der Waals surface area (Å²) in [7, 11) is 0. The molecule has 0 spiro atoms. The van der Waals surface area contributed by atoms with E-state index >= 15 is 0 Å². The van der Waals surface area contributed by atoms with Crippen LogP contribution in [0.2, 0.25) is 0 Å². The van der Waals surface area contributed by atoms with E-state index < -0.39 is 6.04 Å². The van der Waals surface area contributed by atoms with Gasteiger partial charge in [0.25, 0.3) is 0 Å². The normalized spacial score (nSPS) is 27.0. The van der Waals surface area contributed by atoms with Gasteiger partial charge < -0.3 is 15.0 Å². The molecule has 2 aliphatic heterocycles. The number of amides is 2. The predicted octanol–water partition coefficient (Wildman–Crippen LogP) is 0.0667. The summed E-state index contributed by atoms with van der Waals surface area (Å²) in [6, 6.07) is -0.409. The van der Waals surface area contributed by atoms with Crippen molar-refractivity contribution in [3.8, 4) is 0 Å². The second-order valence-corrected chi connectivity index (χ2v) is 5.03. The van der Waals surface area contributed by atoms with Crippen molar-refractivity contribution in [2.45, 2.75) is 38.6 Å². The highest BCUT2D eigenvalue weighted by atomic mass is 16.5. The Morgan fingerprint density at radius 2 is 2.21 bits per heavy atom. The average molecular weight is 268 g/mol. The van der Waals surface area contributed by atoms with Gasteiger partial charge in [0.15, 0.2) is 0 Å². The molecule has 0 aromatic rings. The van der Waals surface area contributed by atoms with Gasteiger partial charge in [-0.15, -0.1) is 0 Å². The lowest BCUT2D eigenvalue weighted by Crippen LogP contribution is -2.49. The SMILES string of the molecule is CCOC(=O)C1CCCN(C(=O)[C@H]2CCC(=O)N2)C1. The van der Waals surface area contributed by atoms with Gasteiger partial charge in [-0.1, -0.05) is 0 Å². The number of hydrogen-bond donors (Lipinski definition) is 1. The van der Waals surface area contributed by atoms with Gasteiger partial charge >= 0.3 is 5.97 Å². The molecule has 19 heavy (non-hydrogen) atoms. The van der Waals surface area contributed by atoms with Crippen LogP contribution in [0.4, 0.5) is 0 Å². The Morgan fingerprint density at radius 3 is 2.84 bits per heavy atom. The quantitative estimate of drug-likeness (QED) is 0.735. The third-order valence-corrected chi connectivity index (χ3v) is 3.65. The van der Waals surface area contributed by atoms with Gasteiger partial charge in [-0.05, 0) is 26.2 Å². The number of nitrogens with zero attached hydrogens (tertiary/aromatic N) is 1. The molecular formula is C13H20N2O4. The van der Waals surface area contributed by atoms with Crippen LogP contribution >= 0.6 is 0 Å². The molecule has 2 atom stereocenters. The number of piperidine rings is 1. The first-order valence-corrected chi connectivity index (χ1v) is 6.86. The van der Waals surface area contributed by atoms with Crippen molar-refractivity contribution < 1.29 is 19.1 Å². The summed E-state index contributed by atoms with van der Waals surface area (Å²) in [6.07, 6.45) is 2.53. The fourth-order valence-corrected chi connectivity index (χ4v) is 2.65. The van der Waals surface area contributed by atoms with E-state index in [2.05, 4.69) is 5.32 Å². The number of ether oxygens (including phenoxy) is 1. The van der Waals surface area contributed by atoms with Crippen molar-refractivity contribution in [2.24, 2.45) is 5.92 Å². The molecule has 2 aliphatic rings. The van der Waals surface area contributed by atoms with Gasteiger partial charge in [0.05, 0.1) is 12.5 Å². The fraction of sp³-hybridized carbons (Fsp3) is 0.769. The Kier molecular flexibility index (Phi) is 4.39. The molecule has 0 radical (unpaired) electrons. The van der Waals surface area contributed by atoms with Crippen LogP contribution < -0.4 is 5.32 Å². The molecule has 6 nitrogen and oxygen atoms in total. The van der Waals surface area contributed by atoms with Crippen LogP contribution in [0.5, 0.6) is 0 Å². The second-order valence-electron chi connectivity index (χ2n) is 5.03. The number of likely N-dealkylation sites (tertiary alicyclic amines) is 1. The highest BCUT2D eigenvalue weighted by Crippen LogP contribution is 2.20. The molecule has 2 saturated heterocycles. The molecule has 6 heteroatoms. The van der Waals surface area contributed by atoms with E-state index in [4.69, 9.17) is 4.74 Å². The summed E-state index contributed by atoms with van der Waals surface area (Å²) in [4.78, 5) is 36.8. The van der Waals surface area contributed by atoms with Crippen LogP contribution in [-0.4, -0.2) is 48.4 Å². The summed E-state index contributed by atoms with van der Waals surface area (Å²) >= 11 is 0. The molecule has 2 heterocycles. The lowest BCUT2D eigenvalue weighted by molar-refractivity contribution is -0.151. The highest BCUT2D eigenvalue weighted by molar-refractivity contribution is 5.91. The van der Waals surface area contributed by atoms with Crippen LogP contribution in [0.3, 0.4) is 0 Å². The van der Waals surface area contributed by atoms with Crippen LogP contribution in [0, 0.1) is 5.92 Å². The second kappa shape index (κ2) is 6.04. The Bertz CT molecular complexity index is 383. The summed E-state index contributed by atoms with van der Waals surface area (Å²) in [5, 5.41) is 2.67. The number of rotatable bonds is 3. The van der Waals surface area contributed by atoms with Crippen LogP contribution in [0.25, 0.3) is 0 Å². The summed E-state index contributed by atoms with van der Waals surface area (Å²) in [5.74, 6) is -0.595. The molecule has 106 valence electrons. The maximum absolute atomic E-state index is 12.2. The van der Waals surface area contributed by atoms with E-state index in [-0.39, 0.29) is 23.7 Å². The third kappa shape index (κ3) is 3.24. The van der Waals surface area contributed by atoms with E-state index in [1.165, 1.54) is 0 Å². The van der Waals surface area contributed by atoms with Crippen molar-refractivity contribution >= 4 is 17.8 Å². The number of hydrogen-bond acceptors (Lipinski definition) is 4. The van der Waals surface area contributed by atoms with E-state index in [1.54, 1.807) is 11.8 Å². The highest BCUT2D eigenvalue weighted by Gasteiger charge is 2.35. The van der Waals surface area contributed by atoms with E-state index in [9.17, 15) is 14.4 Å². The molecule has 0 saturated carbocycles.